The Morgan fingerprint density at radius 1 is 1.42 bits per heavy atom. The van der Waals surface area contributed by atoms with E-state index in [-0.39, 0.29) is 0 Å². The van der Waals surface area contributed by atoms with Gasteiger partial charge >= 0.3 is 0 Å². The molecule has 0 amide bonds. The Kier molecular flexibility index (Phi) is 2.47. The standard InChI is InChI=1S/C10H11BrO/c11-10-3-1-2-8(5-10)4-9-6-12-7-9/h1-3,5,9H,4,6-7H2. The van der Waals surface area contributed by atoms with E-state index in [4.69, 9.17) is 4.74 Å². The lowest BCUT2D eigenvalue weighted by molar-refractivity contribution is -0.0312. The van der Waals surface area contributed by atoms with Crippen molar-refractivity contribution in [1.82, 2.24) is 0 Å². The molecule has 64 valence electrons. The van der Waals surface area contributed by atoms with E-state index in [1.54, 1.807) is 0 Å². The molecule has 0 N–H and O–H groups in total. The monoisotopic (exact) mass is 226 g/mol. The first-order valence-electron chi connectivity index (χ1n) is 4.17. The lowest BCUT2D eigenvalue weighted by atomic mass is 9.98. The number of benzene rings is 1. The van der Waals surface area contributed by atoms with Crippen molar-refractivity contribution in [2.45, 2.75) is 6.42 Å². The normalized spacial score (nSPS) is 17.4. The quantitative estimate of drug-likeness (QED) is 0.754. The van der Waals surface area contributed by atoms with E-state index in [2.05, 4.69) is 40.2 Å². The maximum atomic E-state index is 5.13. The van der Waals surface area contributed by atoms with E-state index in [1.165, 1.54) is 10.0 Å². The highest BCUT2D eigenvalue weighted by molar-refractivity contribution is 9.10. The van der Waals surface area contributed by atoms with Crippen LogP contribution in [0.4, 0.5) is 0 Å². The van der Waals surface area contributed by atoms with Crippen LogP contribution in [0.5, 0.6) is 0 Å². The highest BCUT2D eigenvalue weighted by atomic mass is 79.9. The Morgan fingerprint density at radius 3 is 2.83 bits per heavy atom. The van der Waals surface area contributed by atoms with Gasteiger partial charge in [0, 0.05) is 10.4 Å². The molecular weight excluding hydrogens is 216 g/mol. The van der Waals surface area contributed by atoms with Crippen LogP contribution < -0.4 is 0 Å². The molecule has 2 heteroatoms. The average molecular weight is 227 g/mol. The second-order valence-corrected chi connectivity index (χ2v) is 4.15. The summed E-state index contributed by atoms with van der Waals surface area (Å²) in [5.74, 6) is 0.749. The Bertz CT molecular complexity index is 268. The molecule has 0 spiro atoms. The topological polar surface area (TPSA) is 9.23 Å². The third kappa shape index (κ3) is 1.87. The van der Waals surface area contributed by atoms with Crippen molar-refractivity contribution in [3.8, 4) is 0 Å². The molecule has 1 fully saturated rings. The number of ether oxygens (including phenoxy) is 1. The summed E-state index contributed by atoms with van der Waals surface area (Å²) in [6, 6.07) is 8.49. The van der Waals surface area contributed by atoms with Crippen molar-refractivity contribution in [3.63, 3.8) is 0 Å². The summed E-state index contributed by atoms with van der Waals surface area (Å²) in [4.78, 5) is 0. The number of hydrogen-bond donors (Lipinski definition) is 0. The molecule has 0 aliphatic carbocycles. The Balaban J connectivity index is 2.02. The molecule has 0 aromatic heterocycles. The van der Waals surface area contributed by atoms with Crippen molar-refractivity contribution in [3.05, 3.63) is 34.3 Å². The summed E-state index contributed by atoms with van der Waals surface area (Å²) in [6.45, 7) is 1.87. The van der Waals surface area contributed by atoms with Crippen LogP contribution in [0, 0.1) is 5.92 Å². The molecule has 0 unspecified atom stereocenters. The lowest BCUT2D eigenvalue weighted by Crippen LogP contribution is -2.29. The summed E-state index contributed by atoms with van der Waals surface area (Å²) in [5, 5.41) is 0. The summed E-state index contributed by atoms with van der Waals surface area (Å²) in [5.41, 5.74) is 1.40. The van der Waals surface area contributed by atoms with Gasteiger partial charge in [0.05, 0.1) is 13.2 Å². The molecule has 0 saturated carbocycles. The zero-order chi connectivity index (χ0) is 8.39. The minimum absolute atomic E-state index is 0.749. The Hall–Kier alpha value is -0.340. The number of halogens is 1. The second-order valence-electron chi connectivity index (χ2n) is 3.24. The molecule has 1 heterocycles. The van der Waals surface area contributed by atoms with Gasteiger partial charge in [0.15, 0.2) is 0 Å². The van der Waals surface area contributed by atoms with Crippen LogP contribution in [0.3, 0.4) is 0 Å². The van der Waals surface area contributed by atoms with Crippen molar-refractivity contribution in [1.29, 1.82) is 0 Å². The smallest absolute Gasteiger partial charge is 0.0519 e. The van der Waals surface area contributed by atoms with Gasteiger partial charge in [-0.1, -0.05) is 28.1 Å². The van der Waals surface area contributed by atoms with Crippen LogP contribution in [-0.4, -0.2) is 13.2 Å². The molecule has 2 rings (SSSR count). The van der Waals surface area contributed by atoms with Gasteiger partial charge < -0.3 is 4.74 Å². The molecular formula is C10H11BrO. The molecule has 0 bridgehead atoms. The van der Waals surface area contributed by atoms with E-state index in [1.807, 2.05) is 0 Å². The molecule has 12 heavy (non-hydrogen) atoms. The van der Waals surface area contributed by atoms with Gasteiger partial charge in [0.25, 0.3) is 0 Å². The highest BCUT2D eigenvalue weighted by Gasteiger charge is 2.18. The second kappa shape index (κ2) is 3.58. The van der Waals surface area contributed by atoms with Gasteiger partial charge in [-0.15, -0.1) is 0 Å². The fourth-order valence-electron chi connectivity index (χ4n) is 1.40. The summed E-state index contributed by atoms with van der Waals surface area (Å²) >= 11 is 3.46. The van der Waals surface area contributed by atoms with Crippen LogP contribution in [0.25, 0.3) is 0 Å². The van der Waals surface area contributed by atoms with Gasteiger partial charge in [0.2, 0.25) is 0 Å². The van der Waals surface area contributed by atoms with Gasteiger partial charge in [-0.05, 0) is 24.1 Å². The van der Waals surface area contributed by atoms with Crippen LogP contribution in [0.15, 0.2) is 28.7 Å². The summed E-state index contributed by atoms with van der Waals surface area (Å²) in [6.07, 6.45) is 1.15. The molecule has 1 aliphatic rings. The summed E-state index contributed by atoms with van der Waals surface area (Å²) in [7, 11) is 0. The zero-order valence-corrected chi connectivity index (χ0v) is 8.38. The van der Waals surface area contributed by atoms with Crippen molar-refractivity contribution < 1.29 is 4.74 Å². The predicted molar refractivity (Wildman–Crippen MR) is 52.2 cm³/mol. The minimum Gasteiger partial charge on any atom is -0.381 e. The third-order valence-corrected chi connectivity index (χ3v) is 2.61. The van der Waals surface area contributed by atoms with Crippen molar-refractivity contribution >= 4 is 15.9 Å². The Labute approximate surface area is 80.9 Å². The van der Waals surface area contributed by atoms with Gasteiger partial charge in [-0.2, -0.15) is 0 Å². The third-order valence-electron chi connectivity index (χ3n) is 2.12. The fourth-order valence-corrected chi connectivity index (χ4v) is 1.85. The molecule has 1 saturated heterocycles. The van der Waals surface area contributed by atoms with E-state index in [0.29, 0.717) is 0 Å². The lowest BCUT2D eigenvalue weighted by Gasteiger charge is -2.25. The highest BCUT2D eigenvalue weighted by Crippen LogP contribution is 2.19. The van der Waals surface area contributed by atoms with E-state index in [0.717, 1.165) is 25.6 Å². The molecule has 1 nitrogen and oxygen atoms in total. The Morgan fingerprint density at radius 2 is 2.25 bits per heavy atom. The van der Waals surface area contributed by atoms with E-state index >= 15 is 0 Å². The summed E-state index contributed by atoms with van der Waals surface area (Å²) < 4.78 is 6.29. The first kappa shape index (κ1) is 8.27. The average Bonchev–Trinajstić information content (AvgIpc) is 1.97. The SMILES string of the molecule is Brc1cccc(CC2COC2)c1. The van der Waals surface area contributed by atoms with Gasteiger partial charge in [-0.25, -0.2) is 0 Å². The molecule has 0 radical (unpaired) electrons. The van der Waals surface area contributed by atoms with Crippen LogP contribution in [0.1, 0.15) is 5.56 Å². The largest absolute Gasteiger partial charge is 0.381 e. The van der Waals surface area contributed by atoms with Crippen molar-refractivity contribution in [2.24, 2.45) is 5.92 Å². The predicted octanol–water partition coefficient (Wildman–Crippen LogP) is 2.64. The van der Waals surface area contributed by atoms with E-state index < -0.39 is 0 Å². The first-order chi connectivity index (χ1) is 5.84. The maximum Gasteiger partial charge on any atom is 0.0519 e. The van der Waals surface area contributed by atoms with E-state index in [9.17, 15) is 0 Å². The molecule has 1 aliphatic heterocycles. The first-order valence-corrected chi connectivity index (χ1v) is 4.96. The van der Waals surface area contributed by atoms with Crippen LogP contribution >= 0.6 is 15.9 Å². The van der Waals surface area contributed by atoms with Gasteiger partial charge in [0.1, 0.15) is 0 Å². The number of rotatable bonds is 2. The molecule has 0 atom stereocenters. The molecule has 1 aromatic rings. The van der Waals surface area contributed by atoms with Gasteiger partial charge in [-0.3, -0.25) is 0 Å². The minimum atomic E-state index is 0.749. The van der Waals surface area contributed by atoms with Crippen molar-refractivity contribution in [2.75, 3.05) is 13.2 Å². The zero-order valence-electron chi connectivity index (χ0n) is 6.79. The van der Waals surface area contributed by atoms with Crippen LogP contribution in [-0.2, 0) is 11.2 Å². The molecule has 1 aromatic carbocycles. The maximum absolute atomic E-state index is 5.13. The van der Waals surface area contributed by atoms with Crippen LogP contribution in [0.2, 0.25) is 0 Å². The fraction of sp³-hybridized carbons (Fsp3) is 0.400. The number of hydrogen-bond acceptors (Lipinski definition) is 1.